The Hall–Kier alpha value is -0.0151. The van der Waals surface area contributed by atoms with Gasteiger partial charge in [-0.05, 0) is 52.4 Å². The van der Waals surface area contributed by atoms with Gasteiger partial charge in [0.15, 0.2) is 7.98 Å². The molecule has 0 radical (unpaired) electrons. The molecule has 0 aromatic heterocycles. The summed E-state index contributed by atoms with van der Waals surface area (Å²) < 4.78 is 0. The molecule has 0 saturated carbocycles. The topological polar surface area (TPSA) is 6.48 Å². The van der Waals surface area contributed by atoms with Crippen LogP contribution >= 0.6 is 0 Å². The molecular formula is C9H19BN2. The van der Waals surface area contributed by atoms with Crippen LogP contribution in [0.4, 0.5) is 0 Å². The molecule has 0 amide bonds. The highest BCUT2D eigenvalue weighted by Crippen LogP contribution is 2.36. The van der Waals surface area contributed by atoms with Crippen LogP contribution in [0.15, 0.2) is 0 Å². The van der Waals surface area contributed by atoms with E-state index in [1.54, 1.807) is 0 Å². The molecule has 0 unspecified atom stereocenters. The standard InChI is InChI=1S/C9H19BN2/c1-11-7-4-9(5-8-11)3-2-6-12(9)10/h2-8,10H2,1H3. The molecule has 3 heteroatoms. The minimum absolute atomic E-state index is 0.604. The van der Waals surface area contributed by atoms with E-state index in [0.29, 0.717) is 5.54 Å². The zero-order valence-electron chi connectivity index (χ0n) is 8.34. The summed E-state index contributed by atoms with van der Waals surface area (Å²) in [6, 6.07) is 0. The molecule has 2 heterocycles. The zero-order valence-corrected chi connectivity index (χ0v) is 8.34. The van der Waals surface area contributed by atoms with E-state index in [1.165, 1.54) is 45.3 Å². The van der Waals surface area contributed by atoms with Crippen molar-refractivity contribution in [3.8, 4) is 0 Å². The molecule has 2 fully saturated rings. The van der Waals surface area contributed by atoms with Crippen LogP contribution in [0.1, 0.15) is 25.7 Å². The molecule has 0 aromatic rings. The lowest BCUT2D eigenvalue weighted by Crippen LogP contribution is -2.50. The van der Waals surface area contributed by atoms with Crippen molar-refractivity contribution in [3.63, 3.8) is 0 Å². The van der Waals surface area contributed by atoms with Gasteiger partial charge in [0, 0.05) is 5.54 Å². The monoisotopic (exact) mass is 166 g/mol. The predicted molar refractivity (Wildman–Crippen MR) is 53.9 cm³/mol. The molecule has 1 spiro atoms. The van der Waals surface area contributed by atoms with Gasteiger partial charge in [-0.1, -0.05) is 0 Å². The van der Waals surface area contributed by atoms with Crippen LogP contribution in [0.2, 0.25) is 0 Å². The molecule has 2 aliphatic rings. The minimum Gasteiger partial charge on any atom is -0.344 e. The van der Waals surface area contributed by atoms with Crippen molar-refractivity contribution in [2.75, 3.05) is 26.7 Å². The fourth-order valence-corrected chi connectivity index (χ4v) is 2.74. The lowest BCUT2D eigenvalue weighted by atomic mass is 9.83. The maximum absolute atomic E-state index is 2.60. The Labute approximate surface area is 76.3 Å². The maximum Gasteiger partial charge on any atom is 0.186 e. The van der Waals surface area contributed by atoms with Crippen molar-refractivity contribution in [1.29, 1.82) is 0 Å². The van der Waals surface area contributed by atoms with E-state index in [2.05, 4.69) is 24.7 Å². The molecule has 0 N–H and O–H groups in total. The third-order valence-corrected chi connectivity index (χ3v) is 3.86. The van der Waals surface area contributed by atoms with Gasteiger partial charge < -0.3 is 9.71 Å². The minimum atomic E-state index is 0.604. The largest absolute Gasteiger partial charge is 0.344 e. The molecular weight excluding hydrogens is 147 g/mol. The van der Waals surface area contributed by atoms with E-state index >= 15 is 0 Å². The van der Waals surface area contributed by atoms with E-state index in [9.17, 15) is 0 Å². The Morgan fingerprint density at radius 3 is 2.25 bits per heavy atom. The van der Waals surface area contributed by atoms with Gasteiger partial charge in [-0.3, -0.25) is 0 Å². The fraction of sp³-hybridized carbons (Fsp3) is 1.00. The third-order valence-electron chi connectivity index (χ3n) is 3.86. The average Bonchev–Trinajstić information content (AvgIpc) is 2.41. The highest BCUT2D eigenvalue weighted by atomic mass is 15.2. The molecule has 2 saturated heterocycles. The summed E-state index contributed by atoms with van der Waals surface area (Å²) in [5.41, 5.74) is 0.604. The summed E-state index contributed by atoms with van der Waals surface area (Å²) in [4.78, 5) is 5.05. The van der Waals surface area contributed by atoms with E-state index < -0.39 is 0 Å². The van der Waals surface area contributed by atoms with E-state index in [4.69, 9.17) is 0 Å². The third kappa shape index (κ3) is 1.29. The van der Waals surface area contributed by atoms with Gasteiger partial charge in [-0.25, -0.2) is 0 Å². The maximum atomic E-state index is 2.60. The van der Waals surface area contributed by atoms with Crippen LogP contribution in [0.25, 0.3) is 0 Å². The Morgan fingerprint density at radius 1 is 1.08 bits per heavy atom. The number of likely N-dealkylation sites (tertiary alicyclic amines) is 1. The number of piperidine rings is 1. The fourth-order valence-electron chi connectivity index (χ4n) is 2.74. The van der Waals surface area contributed by atoms with Crippen molar-refractivity contribution in [2.45, 2.75) is 31.2 Å². The summed E-state index contributed by atoms with van der Waals surface area (Å²) >= 11 is 0. The molecule has 2 aliphatic heterocycles. The molecule has 12 heavy (non-hydrogen) atoms. The molecule has 0 atom stereocenters. The highest BCUT2D eigenvalue weighted by molar-refractivity contribution is 6.05. The molecule has 0 bridgehead atoms. The number of nitrogens with zero attached hydrogens (tertiary/aromatic N) is 2. The van der Waals surface area contributed by atoms with E-state index in [0.717, 1.165) is 0 Å². The van der Waals surface area contributed by atoms with Crippen LogP contribution in [0.5, 0.6) is 0 Å². The van der Waals surface area contributed by atoms with Gasteiger partial charge in [0.25, 0.3) is 0 Å². The van der Waals surface area contributed by atoms with Crippen LogP contribution in [0.3, 0.4) is 0 Å². The van der Waals surface area contributed by atoms with Gasteiger partial charge in [-0.15, -0.1) is 0 Å². The Balaban J connectivity index is 2.02. The summed E-state index contributed by atoms with van der Waals surface area (Å²) in [6.45, 7) is 3.92. The second-order valence-electron chi connectivity index (χ2n) is 4.55. The first kappa shape index (κ1) is 8.58. The van der Waals surface area contributed by atoms with Crippen molar-refractivity contribution in [2.24, 2.45) is 0 Å². The molecule has 0 aromatic carbocycles. The van der Waals surface area contributed by atoms with Gasteiger partial charge in [-0.2, -0.15) is 0 Å². The summed E-state index contributed by atoms with van der Waals surface area (Å²) in [5, 5.41) is 0. The summed E-state index contributed by atoms with van der Waals surface area (Å²) in [5.74, 6) is 0. The van der Waals surface area contributed by atoms with E-state index in [1.807, 2.05) is 0 Å². The Morgan fingerprint density at radius 2 is 1.75 bits per heavy atom. The number of rotatable bonds is 0. The second-order valence-corrected chi connectivity index (χ2v) is 4.55. The van der Waals surface area contributed by atoms with Gasteiger partial charge in [0.1, 0.15) is 0 Å². The van der Waals surface area contributed by atoms with Crippen LogP contribution in [-0.4, -0.2) is 49.9 Å². The molecule has 2 nitrogen and oxygen atoms in total. The second kappa shape index (κ2) is 3.04. The van der Waals surface area contributed by atoms with Crippen LogP contribution in [0, 0.1) is 0 Å². The Kier molecular flexibility index (Phi) is 2.17. The van der Waals surface area contributed by atoms with Crippen LogP contribution < -0.4 is 0 Å². The first-order valence-electron chi connectivity index (χ1n) is 5.13. The molecule has 2 rings (SSSR count). The average molecular weight is 166 g/mol. The van der Waals surface area contributed by atoms with Gasteiger partial charge >= 0.3 is 0 Å². The first-order valence-corrected chi connectivity index (χ1v) is 5.13. The predicted octanol–water partition coefficient (Wildman–Crippen LogP) is 0.0947. The van der Waals surface area contributed by atoms with Crippen LogP contribution in [-0.2, 0) is 0 Å². The smallest absolute Gasteiger partial charge is 0.186 e. The van der Waals surface area contributed by atoms with E-state index in [-0.39, 0.29) is 0 Å². The highest BCUT2D eigenvalue weighted by Gasteiger charge is 2.39. The number of hydrogen-bond donors (Lipinski definition) is 0. The Bertz CT molecular complexity index is 164. The van der Waals surface area contributed by atoms with Gasteiger partial charge in [0.05, 0.1) is 0 Å². The SMILES string of the molecule is BN1CCCC12CCN(C)CC2. The van der Waals surface area contributed by atoms with Crippen molar-refractivity contribution in [1.82, 2.24) is 9.71 Å². The van der Waals surface area contributed by atoms with Crippen molar-refractivity contribution in [3.05, 3.63) is 0 Å². The molecule has 0 aliphatic carbocycles. The number of hydrogen-bond acceptors (Lipinski definition) is 2. The quantitative estimate of drug-likeness (QED) is 0.471. The summed E-state index contributed by atoms with van der Waals surface area (Å²) in [7, 11) is 4.54. The molecule has 68 valence electrons. The normalized spacial score (nSPS) is 31.4. The first-order chi connectivity index (χ1) is 5.73. The zero-order chi connectivity index (χ0) is 8.60. The van der Waals surface area contributed by atoms with Gasteiger partial charge in [0.2, 0.25) is 0 Å². The lowest BCUT2D eigenvalue weighted by Gasteiger charge is -2.43. The lowest BCUT2D eigenvalue weighted by molar-refractivity contribution is 0.120. The van der Waals surface area contributed by atoms with Crippen molar-refractivity contribution < 1.29 is 0 Å². The van der Waals surface area contributed by atoms with Crippen molar-refractivity contribution >= 4 is 7.98 Å². The summed E-state index contributed by atoms with van der Waals surface area (Å²) in [6.07, 6.45) is 5.64.